The Hall–Kier alpha value is -2.05. The first-order chi connectivity index (χ1) is 14.4. The first kappa shape index (κ1) is 21.2. The first-order valence-electron chi connectivity index (χ1n) is 10.1. The predicted octanol–water partition coefficient (Wildman–Crippen LogP) is 5.39. The lowest BCUT2D eigenvalue weighted by Crippen LogP contribution is -2.24. The average Bonchev–Trinajstić information content (AvgIpc) is 3.42. The Labute approximate surface area is 191 Å². The van der Waals surface area contributed by atoms with Crippen LogP contribution in [0.1, 0.15) is 30.4 Å². The summed E-state index contributed by atoms with van der Waals surface area (Å²) in [6, 6.07) is 15.6. The van der Waals surface area contributed by atoms with Crippen LogP contribution in [0.2, 0.25) is 0 Å². The highest BCUT2D eigenvalue weighted by atomic mass is 127. The van der Waals surface area contributed by atoms with Gasteiger partial charge in [0.1, 0.15) is 6.07 Å². The zero-order valence-electron chi connectivity index (χ0n) is 16.9. The van der Waals surface area contributed by atoms with Crippen LogP contribution in [-0.4, -0.2) is 30.1 Å². The molecule has 5 nitrogen and oxygen atoms in total. The number of aromatic amines is 1. The Kier molecular flexibility index (Phi) is 6.07. The SMILES string of the molecule is Cc1ccc2c(C#N)c(-c3ccc(N4CCCS4(=O)=O)cc3)[nH]c2c1.ICC1CC1. The van der Waals surface area contributed by atoms with Crippen LogP contribution in [0.5, 0.6) is 0 Å². The van der Waals surface area contributed by atoms with E-state index in [9.17, 15) is 13.7 Å². The van der Waals surface area contributed by atoms with Crippen molar-refractivity contribution in [3.05, 3.63) is 53.6 Å². The summed E-state index contributed by atoms with van der Waals surface area (Å²) in [6.07, 6.45) is 3.66. The van der Waals surface area contributed by atoms with E-state index < -0.39 is 10.0 Å². The van der Waals surface area contributed by atoms with Crippen molar-refractivity contribution >= 4 is 49.2 Å². The number of nitriles is 1. The van der Waals surface area contributed by atoms with Crippen LogP contribution >= 0.6 is 22.6 Å². The molecule has 0 unspecified atom stereocenters. The van der Waals surface area contributed by atoms with E-state index >= 15 is 0 Å². The van der Waals surface area contributed by atoms with Gasteiger partial charge in [0, 0.05) is 21.9 Å². The zero-order chi connectivity index (χ0) is 21.3. The van der Waals surface area contributed by atoms with Gasteiger partial charge < -0.3 is 4.98 Å². The number of hydrogen-bond acceptors (Lipinski definition) is 3. The molecule has 1 saturated carbocycles. The van der Waals surface area contributed by atoms with Crippen LogP contribution in [0.15, 0.2) is 42.5 Å². The molecule has 2 fully saturated rings. The molecule has 30 heavy (non-hydrogen) atoms. The Balaban J connectivity index is 0.000000383. The Morgan fingerprint density at radius 2 is 1.93 bits per heavy atom. The molecule has 0 atom stereocenters. The van der Waals surface area contributed by atoms with Gasteiger partial charge in [0.15, 0.2) is 0 Å². The van der Waals surface area contributed by atoms with Gasteiger partial charge in [0.2, 0.25) is 10.0 Å². The predicted molar refractivity (Wildman–Crippen MR) is 131 cm³/mol. The van der Waals surface area contributed by atoms with Crippen LogP contribution < -0.4 is 4.31 Å². The molecular weight excluding hydrogens is 509 g/mol. The van der Waals surface area contributed by atoms with Crippen molar-refractivity contribution in [2.45, 2.75) is 26.2 Å². The maximum Gasteiger partial charge on any atom is 0.235 e. The van der Waals surface area contributed by atoms with Crippen molar-refractivity contribution in [3.63, 3.8) is 0 Å². The average molecular weight is 533 g/mol. The topological polar surface area (TPSA) is 77.0 Å². The smallest absolute Gasteiger partial charge is 0.235 e. The number of benzene rings is 2. The highest BCUT2D eigenvalue weighted by molar-refractivity contribution is 14.1. The summed E-state index contributed by atoms with van der Waals surface area (Å²) in [7, 11) is -3.18. The van der Waals surface area contributed by atoms with E-state index in [1.807, 2.05) is 37.3 Å². The number of rotatable bonds is 3. The van der Waals surface area contributed by atoms with Gasteiger partial charge in [-0.3, -0.25) is 4.31 Å². The summed E-state index contributed by atoms with van der Waals surface area (Å²) in [4.78, 5) is 3.32. The van der Waals surface area contributed by atoms with Crippen LogP contribution in [0.3, 0.4) is 0 Å². The van der Waals surface area contributed by atoms with E-state index in [1.54, 1.807) is 12.1 Å². The van der Waals surface area contributed by atoms with Crippen LogP contribution in [0, 0.1) is 24.2 Å². The molecule has 7 heteroatoms. The molecular formula is C23H24IN3O2S. The first-order valence-corrected chi connectivity index (χ1v) is 13.3. The van der Waals surface area contributed by atoms with Gasteiger partial charge in [0.25, 0.3) is 0 Å². The number of nitrogens with one attached hydrogen (secondary N) is 1. The monoisotopic (exact) mass is 533 g/mol. The van der Waals surface area contributed by atoms with Crippen molar-refractivity contribution < 1.29 is 8.42 Å². The van der Waals surface area contributed by atoms with E-state index in [-0.39, 0.29) is 5.75 Å². The highest BCUT2D eigenvalue weighted by Gasteiger charge is 2.28. The lowest BCUT2D eigenvalue weighted by molar-refractivity contribution is 0.599. The van der Waals surface area contributed by atoms with Gasteiger partial charge in [-0.2, -0.15) is 5.26 Å². The molecule has 0 amide bonds. The van der Waals surface area contributed by atoms with E-state index in [1.165, 1.54) is 21.6 Å². The van der Waals surface area contributed by atoms with Crippen LogP contribution in [0.25, 0.3) is 22.2 Å². The maximum absolute atomic E-state index is 12.0. The van der Waals surface area contributed by atoms with E-state index in [2.05, 4.69) is 33.6 Å². The number of aromatic nitrogens is 1. The number of halogens is 1. The fourth-order valence-electron chi connectivity index (χ4n) is 3.64. The number of H-pyrrole nitrogens is 1. The molecule has 1 aliphatic carbocycles. The minimum absolute atomic E-state index is 0.203. The number of anilines is 1. The Morgan fingerprint density at radius 3 is 2.47 bits per heavy atom. The molecule has 5 rings (SSSR count). The molecule has 0 bridgehead atoms. The second-order valence-corrected chi connectivity index (χ2v) is 10.8. The van der Waals surface area contributed by atoms with Crippen LogP contribution in [0.4, 0.5) is 5.69 Å². The summed E-state index contributed by atoms with van der Waals surface area (Å²) in [5.41, 5.74) is 4.96. The van der Waals surface area contributed by atoms with Gasteiger partial charge in [-0.05, 0) is 61.4 Å². The van der Waals surface area contributed by atoms with Crippen LogP contribution in [-0.2, 0) is 10.0 Å². The molecule has 1 aliphatic heterocycles. The fraction of sp³-hybridized carbons (Fsp3) is 0.348. The van der Waals surface area contributed by atoms with Gasteiger partial charge in [-0.15, -0.1) is 0 Å². The largest absolute Gasteiger partial charge is 0.353 e. The quantitative estimate of drug-likeness (QED) is 0.363. The van der Waals surface area contributed by atoms with E-state index in [4.69, 9.17) is 0 Å². The standard InChI is InChI=1S/C19H17N3O2S.C4H7I/c1-13-3-8-16-17(12-20)19(21-18(16)11-13)14-4-6-15(7-5-14)22-9-2-10-25(22,23)24;5-3-4-1-2-4/h3-8,11,21H,2,9-10H2,1H3;4H,1-3H2. The molecule has 0 radical (unpaired) electrons. The third-order valence-electron chi connectivity index (χ3n) is 5.52. The zero-order valence-corrected chi connectivity index (χ0v) is 19.8. The molecule has 1 saturated heterocycles. The fourth-order valence-corrected chi connectivity index (χ4v) is 6.09. The molecule has 1 N–H and O–H groups in total. The summed E-state index contributed by atoms with van der Waals surface area (Å²) in [5, 5.41) is 10.5. The highest BCUT2D eigenvalue weighted by Crippen LogP contribution is 2.32. The normalized spacial score (nSPS) is 17.4. The lowest BCUT2D eigenvalue weighted by Gasteiger charge is -2.17. The molecule has 3 aromatic rings. The van der Waals surface area contributed by atoms with Gasteiger partial charge in [-0.1, -0.05) is 46.9 Å². The molecule has 2 aliphatic rings. The number of aryl methyl sites for hydroxylation is 1. The van der Waals surface area contributed by atoms with Gasteiger partial charge in [-0.25, -0.2) is 8.42 Å². The number of sulfonamides is 1. The lowest BCUT2D eigenvalue weighted by atomic mass is 10.1. The number of alkyl halides is 1. The van der Waals surface area contributed by atoms with Gasteiger partial charge in [0.05, 0.1) is 22.7 Å². The van der Waals surface area contributed by atoms with Crippen molar-refractivity contribution in [3.8, 4) is 17.3 Å². The number of nitrogens with zero attached hydrogens (tertiary/aromatic N) is 2. The summed E-state index contributed by atoms with van der Waals surface area (Å²) in [5.74, 6) is 1.32. The van der Waals surface area contributed by atoms with Gasteiger partial charge >= 0.3 is 0 Å². The number of hydrogen-bond donors (Lipinski definition) is 1. The third kappa shape index (κ3) is 4.35. The second kappa shape index (κ2) is 8.60. The second-order valence-electron chi connectivity index (χ2n) is 7.92. The molecule has 156 valence electrons. The summed E-state index contributed by atoms with van der Waals surface area (Å²) in [6.45, 7) is 2.54. The van der Waals surface area contributed by atoms with E-state index in [0.717, 1.165) is 33.6 Å². The van der Waals surface area contributed by atoms with E-state index in [0.29, 0.717) is 24.2 Å². The summed E-state index contributed by atoms with van der Waals surface area (Å²) >= 11 is 2.44. The Bertz CT molecular complexity index is 1210. The third-order valence-corrected chi connectivity index (χ3v) is 8.64. The summed E-state index contributed by atoms with van der Waals surface area (Å²) < 4.78 is 26.9. The van der Waals surface area contributed by atoms with Crippen molar-refractivity contribution in [2.24, 2.45) is 5.92 Å². The van der Waals surface area contributed by atoms with Crippen molar-refractivity contribution in [2.75, 3.05) is 21.0 Å². The minimum atomic E-state index is -3.18. The molecule has 2 aromatic carbocycles. The van der Waals surface area contributed by atoms with Crippen molar-refractivity contribution in [1.29, 1.82) is 5.26 Å². The number of fused-ring (bicyclic) bond motifs is 1. The molecule has 1 aromatic heterocycles. The Morgan fingerprint density at radius 1 is 1.20 bits per heavy atom. The van der Waals surface area contributed by atoms with Crippen molar-refractivity contribution in [1.82, 2.24) is 4.98 Å². The molecule has 0 spiro atoms. The molecule has 2 heterocycles. The minimum Gasteiger partial charge on any atom is -0.353 e. The maximum atomic E-state index is 12.0.